The van der Waals surface area contributed by atoms with Crippen LogP contribution in [-0.2, 0) is 19.3 Å². The summed E-state index contributed by atoms with van der Waals surface area (Å²) in [6.45, 7) is 4.25. The molecule has 2 aromatic rings. The monoisotopic (exact) mass is 284 g/mol. The number of hydrogen-bond acceptors (Lipinski definition) is 3. The molecule has 0 aliphatic heterocycles. The summed E-state index contributed by atoms with van der Waals surface area (Å²) in [5, 5.41) is 4.30. The van der Waals surface area contributed by atoms with Crippen LogP contribution in [0.25, 0.3) is 0 Å². The van der Waals surface area contributed by atoms with Crippen molar-refractivity contribution in [1.29, 1.82) is 0 Å². The van der Waals surface area contributed by atoms with E-state index in [4.69, 9.17) is 5.73 Å². The van der Waals surface area contributed by atoms with Gasteiger partial charge in [0.2, 0.25) is 0 Å². The zero-order valence-electron chi connectivity index (χ0n) is 12.9. The van der Waals surface area contributed by atoms with E-state index in [1.165, 1.54) is 17.5 Å². The highest BCUT2D eigenvalue weighted by molar-refractivity contribution is 5.30. The molecular formula is C17H24N4. The molecule has 112 valence electrons. The molecule has 1 aliphatic carbocycles. The Balaban J connectivity index is 1.69. The van der Waals surface area contributed by atoms with Crippen LogP contribution in [0.15, 0.2) is 30.6 Å². The SMILES string of the molecule is CC(C)n1ncnc1CC(N)C1CCc2ccccc2C1. The van der Waals surface area contributed by atoms with Gasteiger partial charge in [-0.25, -0.2) is 9.67 Å². The van der Waals surface area contributed by atoms with Gasteiger partial charge in [-0.1, -0.05) is 24.3 Å². The molecule has 3 rings (SSSR count). The summed E-state index contributed by atoms with van der Waals surface area (Å²) < 4.78 is 1.98. The molecule has 1 aromatic heterocycles. The van der Waals surface area contributed by atoms with Crippen molar-refractivity contribution in [3.05, 3.63) is 47.5 Å². The summed E-state index contributed by atoms with van der Waals surface area (Å²) >= 11 is 0. The van der Waals surface area contributed by atoms with Gasteiger partial charge in [-0.3, -0.25) is 0 Å². The van der Waals surface area contributed by atoms with Gasteiger partial charge in [0.05, 0.1) is 0 Å². The molecule has 2 unspecified atom stereocenters. The van der Waals surface area contributed by atoms with Gasteiger partial charge in [0.1, 0.15) is 12.2 Å². The van der Waals surface area contributed by atoms with E-state index in [9.17, 15) is 0 Å². The maximum absolute atomic E-state index is 6.48. The first-order valence-electron chi connectivity index (χ1n) is 7.86. The third-order valence-corrected chi connectivity index (χ3v) is 4.55. The minimum absolute atomic E-state index is 0.153. The lowest BCUT2D eigenvalue weighted by Gasteiger charge is -2.29. The largest absolute Gasteiger partial charge is 0.327 e. The summed E-state index contributed by atoms with van der Waals surface area (Å²) in [5.74, 6) is 1.55. The highest BCUT2D eigenvalue weighted by Gasteiger charge is 2.25. The van der Waals surface area contributed by atoms with Crippen molar-refractivity contribution in [3.63, 3.8) is 0 Å². The van der Waals surface area contributed by atoms with Crippen molar-refractivity contribution in [2.45, 2.75) is 51.6 Å². The maximum atomic E-state index is 6.48. The number of rotatable bonds is 4. The minimum atomic E-state index is 0.153. The topological polar surface area (TPSA) is 56.7 Å². The first-order valence-corrected chi connectivity index (χ1v) is 7.86. The summed E-state index contributed by atoms with van der Waals surface area (Å²) in [6.07, 6.45) is 5.86. The first-order chi connectivity index (χ1) is 10.1. The van der Waals surface area contributed by atoms with Gasteiger partial charge in [0.25, 0.3) is 0 Å². The molecule has 0 amide bonds. The molecule has 1 heterocycles. The highest BCUT2D eigenvalue weighted by atomic mass is 15.3. The zero-order chi connectivity index (χ0) is 14.8. The molecule has 0 radical (unpaired) electrons. The summed E-state index contributed by atoms with van der Waals surface area (Å²) in [7, 11) is 0. The fourth-order valence-electron chi connectivity index (χ4n) is 3.32. The van der Waals surface area contributed by atoms with E-state index in [0.29, 0.717) is 12.0 Å². The van der Waals surface area contributed by atoms with Gasteiger partial charge in [0.15, 0.2) is 0 Å². The molecule has 2 N–H and O–H groups in total. The van der Waals surface area contributed by atoms with Crippen molar-refractivity contribution < 1.29 is 0 Å². The quantitative estimate of drug-likeness (QED) is 0.938. The lowest BCUT2D eigenvalue weighted by molar-refractivity contribution is 0.360. The third-order valence-electron chi connectivity index (χ3n) is 4.55. The van der Waals surface area contributed by atoms with E-state index < -0.39 is 0 Å². The molecule has 0 spiro atoms. The molecule has 4 heteroatoms. The molecule has 1 aliphatic rings. The van der Waals surface area contributed by atoms with Crippen LogP contribution in [0.2, 0.25) is 0 Å². The maximum Gasteiger partial charge on any atom is 0.138 e. The molecule has 2 atom stereocenters. The Labute approximate surface area is 126 Å². The average Bonchev–Trinajstić information content (AvgIpc) is 2.95. The Morgan fingerprint density at radius 2 is 2.05 bits per heavy atom. The molecule has 0 fully saturated rings. The van der Waals surface area contributed by atoms with Crippen LogP contribution < -0.4 is 5.73 Å². The molecule has 1 aromatic carbocycles. The highest BCUT2D eigenvalue weighted by Crippen LogP contribution is 2.28. The predicted octanol–water partition coefficient (Wildman–Crippen LogP) is 2.53. The Bertz CT molecular complexity index is 602. The molecule has 21 heavy (non-hydrogen) atoms. The second kappa shape index (κ2) is 5.98. The van der Waals surface area contributed by atoms with Crippen molar-refractivity contribution in [3.8, 4) is 0 Å². The number of aromatic nitrogens is 3. The lowest BCUT2D eigenvalue weighted by atomic mass is 9.79. The van der Waals surface area contributed by atoms with E-state index in [-0.39, 0.29) is 6.04 Å². The Morgan fingerprint density at radius 3 is 2.81 bits per heavy atom. The van der Waals surface area contributed by atoms with Crippen LogP contribution in [0.4, 0.5) is 0 Å². The van der Waals surface area contributed by atoms with Crippen LogP contribution >= 0.6 is 0 Å². The van der Waals surface area contributed by atoms with E-state index >= 15 is 0 Å². The van der Waals surface area contributed by atoms with Crippen molar-refractivity contribution >= 4 is 0 Å². The first kappa shape index (κ1) is 14.3. The summed E-state index contributed by atoms with van der Waals surface area (Å²) in [5.41, 5.74) is 9.44. The minimum Gasteiger partial charge on any atom is -0.327 e. The normalized spacial score (nSPS) is 19.5. The van der Waals surface area contributed by atoms with Crippen molar-refractivity contribution in [1.82, 2.24) is 14.8 Å². The van der Waals surface area contributed by atoms with Crippen LogP contribution in [0, 0.1) is 5.92 Å². The second-order valence-electron chi connectivity index (χ2n) is 6.35. The van der Waals surface area contributed by atoms with E-state index in [1.807, 2.05) is 4.68 Å². The Morgan fingerprint density at radius 1 is 1.29 bits per heavy atom. The summed E-state index contributed by atoms with van der Waals surface area (Å²) in [6, 6.07) is 9.23. The van der Waals surface area contributed by atoms with Crippen molar-refractivity contribution in [2.75, 3.05) is 0 Å². The van der Waals surface area contributed by atoms with Crippen LogP contribution in [0.1, 0.15) is 43.3 Å². The van der Waals surface area contributed by atoms with Crippen LogP contribution in [0.5, 0.6) is 0 Å². The van der Waals surface area contributed by atoms with Gasteiger partial charge >= 0.3 is 0 Å². The third kappa shape index (κ3) is 3.00. The second-order valence-corrected chi connectivity index (χ2v) is 6.35. The van der Waals surface area contributed by atoms with E-state index in [0.717, 1.165) is 25.1 Å². The van der Waals surface area contributed by atoms with Crippen LogP contribution in [-0.4, -0.2) is 20.8 Å². The molecule has 0 saturated heterocycles. The number of fused-ring (bicyclic) bond motifs is 1. The Hall–Kier alpha value is -1.68. The van der Waals surface area contributed by atoms with Gasteiger partial charge in [0, 0.05) is 18.5 Å². The average molecular weight is 284 g/mol. The molecule has 4 nitrogen and oxygen atoms in total. The number of nitrogens with zero attached hydrogens (tertiary/aromatic N) is 3. The van der Waals surface area contributed by atoms with E-state index in [2.05, 4.69) is 48.2 Å². The smallest absolute Gasteiger partial charge is 0.138 e. The Kier molecular flexibility index (Phi) is 4.06. The number of hydrogen-bond donors (Lipinski definition) is 1. The fourth-order valence-corrected chi connectivity index (χ4v) is 3.32. The summed E-state index contributed by atoms with van der Waals surface area (Å²) in [4.78, 5) is 4.39. The standard InChI is InChI=1S/C17H24N4/c1-12(2)21-17(19-11-20-21)10-16(18)15-8-7-13-5-3-4-6-14(13)9-15/h3-6,11-12,15-16H,7-10,18H2,1-2H3. The number of nitrogens with two attached hydrogens (primary N) is 1. The lowest BCUT2D eigenvalue weighted by Crippen LogP contribution is -2.36. The van der Waals surface area contributed by atoms with Gasteiger partial charge < -0.3 is 5.73 Å². The van der Waals surface area contributed by atoms with Crippen molar-refractivity contribution in [2.24, 2.45) is 11.7 Å². The van der Waals surface area contributed by atoms with Gasteiger partial charge in [-0.05, 0) is 50.2 Å². The predicted molar refractivity (Wildman–Crippen MR) is 84.0 cm³/mol. The molecule has 0 bridgehead atoms. The zero-order valence-corrected chi connectivity index (χ0v) is 12.9. The van der Waals surface area contributed by atoms with E-state index in [1.54, 1.807) is 6.33 Å². The number of benzene rings is 1. The van der Waals surface area contributed by atoms with Gasteiger partial charge in [-0.2, -0.15) is 5.10 Å². The van der Waals surface area contributed by atoms with Crippen LogP contribution in [0.3, 0.4) is 0 Å². The fraction of sp³-hybridized carbons (Fsp3) is 0.529. The molecular weight excluding hydrogens is 260 g/mol. The molecule has 0 saturated carbocycles. The number of aryl methyl sites for hydroxylation is 1. The van der Waals surface area contributed by atoms with Gasteiger partial charge in [-0.15, -0.1) is 0 Å².